The number of hydrogen-bond acceptors (Lipinski definition) is 4. The van der Waals surface area contributed by atoms with Gasteiger partial charge in [-0.05, 0) is 31.0 Å². The second-order valence-corrected chi connectivity index (χ2v) is 8.00. The molecule has 148 valence electrons. The van der Waals surface area contributed by atoms with Gasteiger partial charge in [-0.2, -0.15) is 0 Å². The van der Waals surface area contributed by atoms with Gasteiger partial charge in [0.15, 0.2) is 5.78 Å². The summed E-state index contributed by atoms with van der Waals surface area (Å²) in [4.78, 5) is 28.6. The van der Waals surface area contributed by atoms with E-state index in [1.54, 1.807) is 12.1 Å². The van der Waals surface area contributed by atoms with Gasteiger partial charge in [-0.25, -0.2) is 4.39 Å². The molecule has 1 amide bonds. The number of ketones is 1. The van der Waals surface area contributed by atoms with E-state index in [2.05, 4.69) is 17.0 Å². The number of rotatable bonds is 6. The summed E-state index contributed by atoms with van der Waals surface area (Å²) in [5, 5.41) is 0. The average molecular weight is 401 g/mol. The minimum absolute atomic E-state index is 0.0293. The Labute approximate surface area is 169 Å². The first-order chi connectivity index (χ1) is 13.5. The van der Waals surface area contributed by atoms with Crippen molar-refractivity contribution in [2.45, 2.75) is 24.8 Å². The van der Waals surface area contributed by atoms with Crippen LogP contribution in [0.4, 0.5) is 4.39 Å². The van der Waals surface area contributed by atoms with Crippen LogP contribution in [0.1, 0.15) is 29.3 Å². The third-order valence-electron chi connectivity index (χ3n) is 4.88. The molecule has 0 bridgehead atoms. The average Bonchev–Trinajstić information content (AvgIpc) is 2.93. The fourth-order valence-corrected chi connectivity index (χ4v) is 4.11. The van der Waals surface area contributed by atoms with E-state index in [1.165, 1.54) is 30.3 Å². The molecule has 0 unspecified atom stereocenters. The summed E-state index contributed by atoms with van der Waals surface area (Å²) in [6.45, 7) is 5.53. The van der Waals surface area contributed by atoms with Gasteiger partial charge in [-0.15, -0.1) is 11.8 Å². The summed E-state index contributed by atoms with van der Waals surface area (Å²) < 4.78 is 14.1. The quantitative estimate of drug-likeness (QED) is 0.545. The molecule has 0 N–H and O–H groups in total. The summed E-state index contributed by atoms with van der Waals surface area (Å²) >= 11 is 1.19. The SMILES string of the molecule is CC(=O)c1ccc(SCC(=O)N2CCCN(Cc3ccccc3)CC2)c(F)c1. The summed E-state index contributed by atoms with van der Waals surface area (Å²) in [5.74, 6) is -0.386. The van der Waals surface area contributed by atoms with Crippen LogP contribution in [0, 0.1) is 5.82 Å². The summed E-state index contributed by atoms with van der Waals surface area (Å²) in [5.41, 5.74) is 1.63. The molecule has 1 heterocycles. The van der Waals surface area contributed by atoms with Crippen LogP contribution in [0.2, 0.25) is 0 Å². The Morgan fingerprint density at radius 2 is 1.82 bits per heavy atom. The van der Waals surface area contributed by atoms with Gasteiger partial charge in [-0.1, -0.05) is 36.4 Å². The van der Waals surface area contributed by atoms with Gasteiger partial charge >= 0.3 is 0 Å². The monoisotopic (exact) mass is 400 g/mol. The molecule has 28 heavy (non-hydrogen) atoms. The van der Waals surface area contributed by atoms with Crippen molar-refractivity contribution in [1.29, 1.82) is 0 Å². The predicted molar refractivity (Wildman–Crippen MR) is 110 cm³/mol. The first kappa shape index (κ1) is 20.6. The Hall–Kier alpha value is -2.18. The van der Waals surface area contributed by atoms with Crippen LogP contribution in [0.3, 0.4) is 0 Å². The molecule has 0 aromatic heterocycles. The van der Waals surface area contributed by atoms with Crippen molar-refractivity contribution in [2.24, 2.45) is 0 Å². The highest BCUT2D eigenvalue weighted by Gasteiger charge is 2.20. The first-order valence-corrected chi connectivity index (χ1v) is 10.5. The molecule has 0 atom stereocenters. The molecule has 0 spiro atoms. The third kappa shape index (κ3) is 5.66. The number of hydrogen-bond donors (Lipinski definition) is 0. The van der Waals surface area contributed by atoms with E-state index in [0.717, 1.165) is 32.6 Å². The summed E-state index contributed by atoms with van der Waals surface area (Å²) in [7, 11) is 0. The summed E-state index contributed by atoms with van der Waals surface area (Å²) in [6.07, 6.45) is 0.935. The largest absolute Gasteiger partial charge is 0.341 e. The molecule has 1 fully saturated rings. The van der Waals surface area contributed by atoms with Crippen molar-refractivity contribution in [2.75, 3.05) is 31.9 Å². The Morgan fingerprint density at radius 3 is 2.54 bits per heavy atom. The Bertz CT molecular complexity index is 829. The lowest BCUT2D eigenvalue weighted by Crippen LogP contribution is -2.36. The van der Waals surface area contributed by atoms with E-state index in [4.69, 9.17) is 0 Å². The van der Waals surface area contributed by atoms with Gasteiger partial charge in [0.05, 0.1) is 5.75 Å². The van der Waals surface area contributed by atoms with Crippen molar-refractivity contribution in [3.63, 3.8) is 0 Å². The number of benzene rings is 2. The van der Waals surface area contributed by atoms with E-state index >= 15 is 0 Å². The van der Waals surface area contributed by atoms with Crippen molar-refractivity contribution < 1.29 is 14.0 Å². The topological polar surface area (TPSA) is 40.6 Å². The number of halogens is 1. The fraction of sp³-hybridized carbons (Fsp3) is 0.364. The highest BCUT2D eigenvalue weighted by Crippen LogP contribution is 2.23. The fourth-order valence-electron chi connectivity index (χ4n) is 3.29. The van der Waals surface area contributed by atoms with Crippen molar-refractivity contribution in [3.8, 4) is 0 Å². The predicted octanol–water partition coefficient (Wildman–Crippen LogP) is 3.85. The zero-order chi connectivity index (χ0) is 19.9. The molecule has 3 rings (SSSR count). The van der Waals surface area contributed by atoms with Crippen LogP contribution in [-0.2, 0) is 11.3 Å². The number of carbonyl (C=O) groups excluding carboxylic acids is 2. The van der Waals surface area contributed by atoms with E-state index in [-0.39, 0.29) is 17.4 Å². The van der Waals surface area contributed by atoms with E-state index in [9.17, 15) is 14.0 Å². The normalized spacial score (nSPS) is 15.3. The number of amides is 1. The van der Waals surface area contributed by atoms with E-state index in [1.807, 2.05) is 23.1 Å². The Kier molecular flexibility index (Phi) is 7.23. The van der Waals surface area contributed by atoms with Crippen LogP contribution in [0.5, 0.6) is 0 Å². The maximum absolute atomic E-state index is 14.1. The van der Waals surface area contributed by atoms with Crippen molar-refractivity contribution in [3.05, 3.63) is 65.5 Å². The maximum Gasteiger partial charge on any atom is 0.232 e. The maximum atomic E-state index is 14.1. The van der Waals surface area contributed by atoms with Crippen molar-refractivity contribution >= 4 is 23.5 Å². The smallest absolute Gasteiger partial charge is 0.232 e. The lowest BCUT2D eigenvalue weighted by molar-refractivity contribution is -0.128. The van der Waals surface area contributed by atoms with E-state index in [0.29, 0.717) is 17.0 Å². The minimum Gasteiger partial charge on any atom is -0.341 e. The van der Waals surface area contributed by atoms with Crippen LogP contribution in [0.15, 0.2) is 53.4 Å². The molecular formula is C22H25FN2O2S. The van der Waals surface area contributed by atoms with Crippen LogP contribution in [-0.4, -0.2) is 53.4 Å². The molecule has 1 aliphatic rings. The van der Waals surface area contributed by atoms with Crippen LogP contribution >= 0.6 is 11.8 Å². The zero-order valence-corrected chi connectivity index (χ0v) is 16.9. The molecule has 0 saturated carbocycles. The van der Waals surface area contributed by atoms with Gasteiger partial charge in [-0.3, -0.25) is 14.5 Å². The number of thioether (sulfide) groups is 1. The molecule has 1 aliphatic heterocycles. The Balaban J connectivity index is 1.50. The lowest BCUT2D eigenvalue weighted by Gasteiger charge is -2.22. The molecule has 1 saturated heterocycles. The first-order valence-electron chi connectivity index (χ1n) is 9.50. The van der Waals surface area contributed by atoms with E-state index < -0.39 is 5.82 Å². The molecule has 0 aliphatic carbocycles. The lowest BCUT2D eigenvalue weighted by atomic mass is 10.1. The van der Waals surface area contributed by atoms with Gasteiger partial charge in [0.25, 0.3) is 0 Å². The van der Waals surface area contributed by atoms with Crippen LogP contribution in [0.25, 0.3) is 0 Å². The van der Waals surface area contributed by atoms with Gasteiger partial charge in [0.1, 0.15) is 5.82 Å². The minimum atomic E-state index is -0.449. The number of carbonyl (C=O) groups is 2. The third-order valence-corrected chi connectivity index (χ3v) is 5.91. The second kappa shape index (κ2) is 9.85. The zero-order valence-electron chi connectivity index (χ0n) is 16.1. The van der Waals surface area contributed by atoms with Crippen LogP contribution < -0.4 is 0 Å². The Morgan fingerprint density at radius 1 is 1.04 bits per heavy atom. The molecule has 6 heteroatoms. The molecule has 0 radical (unpaired) electrons. The molecule has 2 aromatic carbocycles. The van der Waals surface area contributed by atoms with Crippen molar-refractivity contribution in [1.82, 2.24) is 9.80 Å². The summed E-state index contributed by atoms with van der Waals surface area (Å²) in [6, 6.07) is 14.8. The standard InChI is InChI=1S/C22H25FN2O2S/c1-17(26)19-8-9-21(20(23)14-19)28-16-22(27)25-11-5-10-24(12-13-25)15-18-6-3-2-4-7-18/h2-4,6-9,14H,5,10-13,15-16H2,1H3. The number of nitrogens with zero attached hydrogens (tertiary/aromatic N) is 2. The highest BCUT2D eigenvalue weighted by atomic mass is 32.2. The molecule has 4 nitrogen and oxygen atoms in total. The van der Waals surface area contributed by atoms with Gasteiger partial charge in [0, 0.05) is 43.2 Å². The highest BCUT2D eigenvalue weighted by molar-refractivity contribution is 8.00. The van der Waals surface area contributed by atoms with Gasteiger partial charge in [0.2, 0.25) is 5.91 Å². The molecule has 2 aromatic rings. The second-order valence-electron chi connectivity index (χ2n) is 6.99. The molecular weight excluding hydrogens is 375 g/mol. The number of Topliss-reactive ketones (excluding diaryl/α,β-unsaturated/α-hetero) is 1. The van der Waals surface area contributed by atoms with Gasteiger partial charge < -0.3 is 4.90 Å².